The Morgan fingerprint density at radius 2 is 1.50 bits per heavy atom. The lowest BCUT2D eigenvalue weighted by molar-refractivity contribution is -0.153. The number of rotatable bonds is 4. The molecule has 2 aromatic carbocycles. The van der Waals surface area contributed by atoms with Crippen LogP contribution in [-0.2, 0) is 9.53 Å². The summed E-state index contributed by atoms with van der Waals surface area (Å²) in [6.07, 6.45) is 2.13. The number of benzene rings is 2. The lowest BCUT2D eigenvalue weighted by Crippen LogP contribution is -2.42. The van der Waals surface area contributed by atoms with Crippen molar-refractivity contribution in [3.63, 3.8) is 0 Å². The van der Waals surface area contributed by atoms with E-state index < -0.39 is 8.07 Å². The molecule has 0 aromatic heterocycles. The molecule has 0 heterocycles. The molecule has 32 heavy (non-hydrogen) atoms. The van der Waals surface area contributed by atoms with Crippen molar-refractivity contribution >= 4 is 14.0 Å². The van der Waals surface area contributed by atoms with E-state index in [0.29, 0.717) is 5.92 Å². The molecule has 0 amide bonds. The quantitative estimate of drug-likeness (QED) is 0.298. The van der Waals surface area contributed by atoms with E-state index in [9.17, 15) is 4.79 Å². The molecule has 2 saturated carbocycles. The van der Waals surface area contributed by atoms with Crippen LogP contribution in [0.25, 0.3) is 0 Å². The molecule has 4 rings (SSSR count). The number of esters is 1. The smallest absolute Gasteiger partial charge is 0.384 e. The number of carbonyl (C=O) groups is 1. The van der Waals surface area contributed by atoms with Crippen LogP contribution in [0.5, 0.6) is 0 Å². The molecule has 2 aliphatic carbocycles. The maximum absolute atomic E-state index is 12.9. The van der Waals surface area contributed by atoms with E-state index >= 15 is 0 Å². The second-order valence-electron chi connectivity index (χ2n) is 11.5. The fourth-order valence-corrected chi connectivity index (χ4v) is 6.81. The SMILES string of the molecule is CC1(C)[C@@H]2CC[C@@]1(C)[C@H](OC(=O)C#C[Si](C)(C)C)[C@@H]2C(c1ccccc1)c1ccccc1. The van der Waals surface area contributed by atoms with Gasteiger partial charge < -0.3 is 4.74 Å². The van der Waals surface area contributed by atoms with Gasteiger partial charge in [0.05, 0.1) is 0 Å². The van der Waals surface area contributed by atoms with Crippen LogP contribution < -0.4 is 0 Å². The molecule has 0 radical (unpaired) electrons. The van der Waals surface area contributed by atoms with Crippen LogP contribution in [-0.4, -0.2) is 20.1 Å². The maximum Gasteiger partial charge on any atom is 0.384 e. The molecule has 2 aromatic rings. The molecule has 0 unspecified atom stereocenters. The van der Waals surface area contributed by atoms with Gasteiger partial charge in [-0.05, 0) is 35.3 Å². The summed E-state index contributed by atoms with van der Waals surface area (Å²) in [6.45, 7) is 13.6. The number of hydrogen-bond acceptors (Lipinski definition) is 2. The summed E-state index contributed by atoms with van der Waals surface area (Å²) in [5.41, 5.74) is 5.83. The van der Waals surface area contributed by atoms with Crippen LogP contribution in [0.3, 0.4) is 0 Å². The fraction of sp³-hybridized carbons (Fsp3) is 0.483. The minimum atomic E-state index is -1.65. The van der Waals surface area contributed by atoms with E-state index in [1.807, 2.05) is 0 Å². The first-order valence-corrected chi connectivity index (χ1v) is 15.4. The van der Waals surface area contributed by atoms with Gasteiger partial charge in [-0.2, -0.15) is 0 Å². The Balaban J connectivity index is 1.80. The predicted octanol–water partition coefficient (Wildman–Crippen LogP) is 6.68. The molecule has 2 fully saturated rings. The van der Waals surface area contributed by atoms with E-state index in [1.54, 1.807) is 0 Å². The first kappa shape index (κ1) is 22.9. The molecule has 2 aliphatic rings. The van der Waals surface area contributed by atoms with Gasteiger partial charge in [0.15, 0.2) is 0 Å². The number of fused-ring (bicyclic) bond motifs is 2. The van der Waals surface area contributed by atoms with E-state index in [-0.39, 0.29) is 34.7 Å². The van der Waals surface area contributed by atoms with E-state index in [1.165, 1.54) is 17.5 Å². The zero-order valence-corrected chi connectivity index (χ0v) is 21.3. The molecular weight excluding hydrogens is 408 g/mol. The lowest BCUT2D eigenvalue weighted by atomic mass is 9.68. The topological polar surface area (TPSA) is 26.3 Å². The molecule has 0 N–H and O–H groups in total. The third kappa shape index (κ3) is 3.95. The van der Waals surface area contributed by atoms with Crippen molar-refractivity contribution in [3.05, 3.63) is 71.8 Å². The van der Waals surface area contributed by atoms with Gasteiger partial charge in [-0.1, -0.05) is 101 Å². The van der Waals surface area contributed by atoms with Crippen molar-refractivity contribution in [2.24, 2.45) is 22.7 Å². The Hall–Kier alpha value is -2.31. The second kappa shape index (κ2) is 8.23. The van der Waals surface area contributed by atoms with Gasteiger partial charge in [-0.3, -0.25) is 0 Å². The molecule has 2 nitrogen and oxygen atoms in total. The molecular formula is C29H36O2Si. The minimum Gasteiger partial charge on any atom is -0.452 e. The van der Waals surface area contributed by atoms with Crippen molar-refractivity contribution in [1.82, 2.24) is 0 Å². The van der Waals surface area contributed by atoms with Crippen LogP contribution in [0.15, 0.2) is 60.7 Å². The van der Waals surface area contributed by atoms with Gasteiger partial charge in [-0.15, -0.1) is 5.54 Å². The minimum absolute atomic E-state index is 0.0549. The van der Waals surface area contributed by atoms with Crippen LogP contribution in [0.4, 0.5) is 0 Å². The first-order valence-electron chi connectivity index (χ1n) is 11.9. The van der Waals surface area contributed by atoms with Crippen LogP contribution in [0.2, 0.25) is 19.6 Å². The Labute approximate surface area is 194 Å². The molecule has 0 spiro atoms. The highest BCUT2D eigenvalue weighted by Gasteiger charge is 2.69. The third-order valence-corrected chi connectivity index (χ3v) is 9.17. The average Bonchev–Trinajstić information content (AvgIpc) is 3.07. The summed E-state index contributed by atoms with van der Waals surface area (Å²) >= 11 is 0. The van der Waals surface area contributed by atoms with Crippen molar-refractivity contribution in [2.75, 3.05) is 0 Å². The zero-order valence-electron chi connectivity index (χ0n) is 20.3. The number of carbonyl (C=O) groups excluding carboxylic acids is 1. The third-order valence-electron chi connectivity index (χ3n) is 8.29. The van der Waals surface area contributed by atoms with Gasteiger partial charge in [0.1, 0.15) is 14.2 Å². The predicted molar refractivity (Wildman–Crippen MR) is 134 cm³/mol. The fourth-order valence-electron chi connectivity index (χ4n) is 6.34. The van der Waals surface area contributed by atoms with Gasteiger partial charge >= 0.3 is 5.97 Å². The standard InChI is InChI=1S/C29H36O2Si/c1-28(2)23-17-19-29(28,3)27(31-24(30)18-20-32(4,5)6)26(23)25(21-13-9-7-10-14-21)22-15-11-8-12-16-22/h7-16,23,25-27H,17,19H2,1-6H3/t23-,26+,27-,29+/m1/s1. The van der Waals surface area contributed by atoms with Crippen molar-refractivity contribution in [2.45, 2.75) is 65.3 Å². The Morgan fingerprint density at radius 1 is 0.969 bits per heavy atom. The molecule has 4 atom stereocenters. The second-order valence-corrected chi connectivity index (χ2v) is 16.2. The van der Waals surface area contributed by atoms with E-state index in [2.05, 4.69) is 113 Å². The highest BCUT2D eigenvalue weighted by Crippen LogP contribution is 2.71. The molecule has 0 saturated heterocycles. The van der Waals surface area contributed by atoms with E-state index in [4.69, 9.17) is 4.74 Å². The molecule has 168 valence electrons. The van der Waals surface area contributed by atoms with Gasteiger partial charge in [-0.25, -0.2) is 4.79 Å². The van der Waals surface area contributed by atoms with Gasteiger partial charge in [0.25, 0.3) is 0 Å². The normalized spacial score (nSPS) is 28.3. The van der Waals surface area contributed by atoms with Gasteiger partial charge in [0, 0.05) is 23.2 Å². The summed E-state index contributed by atoms with van der Waals surface area (Å²) in [7, 11) is -1.65. The van der Waals surface area contributed by atoms with Gasteiger partial charge in [0.2, 0.25) is 0 Å². The summed E-state index contributed by atoms with van der Waals surface area (Å²) in [4.78, 5) is 12.9. The average molecular weight is 445 g/mol. The van der Waals surface area contributed by atoms with Crippen LogP contribution in [0, 0.1) is 34.1 Å². The summed E-state index contributed by atoms with van der Waals surface area (Å²) in [6, 6.07) is 21.5. The number of hydrogen-bond donors (Lipinski definition) is 0. The lowest BCUT2D eigenvalue weighted by Gasteiger charge is -2.41. The highest BCUT2D eigenvalue weighted by atomic mass is 28.3. The summed E-state index contributed by atoms with van der Waals surface area (Å²) in [5.74, 6) is 3.39. The summed E-state index contributed by atoms with van der Waals surface area (Å²) < 4.78 is 6.33. The first-order chi connectivity index (χ1) is 15.0. The molecule has 2 bridgehead atoms. The Bertz CT molecular complexity index is 986. The zero-order chi connectivity index (χ0) is 23.1. The monoisotopic (exact) mass is 444 g/mol. The van der Waals surface area contributed by atoms with Crippen LogP contribution >= 0.6 is 0 Å². The van der Waals surface area contributed by atoms with Crippen molar-refractivity contribution in [3.8, 4) is 11.5 Å². The number of ether oxygens (including phenoxy) is 1. The molecule has 0 aliphatic heterocycles. The van der Waals surface area contributed by atoms with E-state index in [0.717, 1.165) is 6.42 Å². The van der Waals surface area contributed by atoms with Crippen molar-refractivity contribution < 1.29 is 9.53 Å². The highest BCUT2D eigenvalue weighted by molar-refractivity contribution is 6.84. The van der Waals surface area contributed by atoms with Crippen molar-refractivity contribution in [1.29, 1.82) is 0 Å². The van der Waals surface area contributed by atoms with Crippen LogP contribution in [0.1, 0.15) is 50.7 Å². The summed E-state index contributed by atoms with van der Waals surface area (Å²) in [5, 5.41) is 0. The Kier molecular flexibility index (Phi) is 5.88. The largest absolute Gasteiger partial charge is 0.452 e. The molecule has 3 heteroatoms. The maximum atomic E-state index is 12.9. The Morgan fingerprint density at radius 3 is 2.00 bits per heavy atom.